The van der Waals surface area contributed by atoms with Crippen LogP contribution in [0.3, 0.4) is 0 Å². The van der Waals surface area contributed by atoms with E-state index in [1.165, 1.54) is 18.2 Å². The van der Waals surface area contributed by atoms with Gasteiger partial charge in [-0.1, -0.05) is 18.2 Å². The van der Waals surface area contributed by atoms with Gasteiger partial charge in [-0.15, -0.1) is 0 Å². The Kier molecular flexibility index (Phi) is 3.32. The number of benzene rings is 1. The van der Waals surface area contributed by atoms with Gasteiger partial charge in [0.05, 0.1) is 18.3 Å². The van der Waals surface area contributed by atoms with Crippen LogP contribution in [0.1, 0.15) is 5.69 Å². The first-order valence-corrected chi connectivity index (χ1v) is 5.19. The van der Waals surface area contributed by atoms with Crippen LogP contribution in [0.15, 0.2) is 36.5 Å². The third-order valence-corrected chi connectivity index (χ3v) is 2.42. The summed E-state index contributed by atoms with van der Waals surface area (Å²) < 4.78 is 26.8. The van der Waals surface area contributed by atoms with Crippen LogP contribution < -0.4 is 0 Å². The highest BCUT2D eigenvalue weighted by Crippen LogP contribution is 2.26. The lowest BCUT2D eigenvalue weighted by atomic mass is 10.0. The third-order valence-electron chi connectivity index (χ3n) is 2.42. The molecule has 0 aliphatic rings. The molecule has 1 aromatic carbocycles. The maximum atomic E-state index is 13.6. The number of hydrogen-bond acceptors (Lipinski definition) is 2. The van der Waals surface area contributed by atoms with Gasteiger partial charge in [0.1, 0.15) is 11.6 Å². The number of aliphatic carboxylic acids is 1. The number of hydrogen-bond donors (Lipinski definition) is 1. The predicted octanol–water partition coefficient (Wildman–Crippen LogP) is 2.65. The van der Waals surface area contributed by atoms with Crippen molar-refractivity contribution in [1.29, 1.82) is 0 Å². The second-order valence-electron chi connectivity index (χ2n) is 3.70. The van der Waals surface area contributed by atoms with Crippen LogP contribution in [0.25, 0.3) is 11.1 Å². The molecule has 0 radical (unpaired) electrons. The highest BCUT2D eigenvalue weighted by molar-refractivity contribution is 5.75. The third kappa shape index (κ3) is 2.51. The van der Waals surface area contributed by atoms with Crippen molar-refractivity contribution < 1.29 is 18.7 Å². The number of carbonyl (C=O) groups is 1. The summed E-state index contributed by atoms with van der Waals surface area (Å²) in [6, 6.07) is 6.86. The van der Waals surface area contributed by atoms with Crippen LogP contribution in [-0.2, 0) is 11.2 Å². The molecule has 0 fully saturated rings. The fraction of sp³-hybridized carbons (Fsp3) is 0.0769. The van der Waals surface area contributed by atoms with Crippen LogP contribution in [0.2, 0.25) is 0 Å². The molecule has 0 aliphatic carbocycles. The van der Waals surface area contributed by atoms with E-state index < -0.39 is 17.6 Å². The zero-order valence-electron chi connectivity index (χ0n) is 9.23. The summed E-state index contributed by atoms with van der Waals surface area (Å²) in [4.78, 5) is 14.4. The van der Waals surface area contributed by atoms with Crippen molar-refractivity contribution in [2.75, 3.05) is 0 Å². The molecule has 0 amide bonds. The first-order chi connectivity index (χ1) is 8.58. The Bertz CT molecular complexity index is 599. The summed E-state index contributed by atoms with van der Waals surface area (Å²) in [5, 5.41) is 8.75. The predicted molar refractivity (Wildman–Crippen MR) is 60.9 cm³/mol. The smallest absolute Gasteiger partial charge is 0.309 e. The molecule has 0 spiro atoms. The van der Waals surface area contributed by atoms with Gasteiger partial charge in [-0.3, -0.25) is 9.78 Å². The summed E-state index contributed by atoms with van der Waals surface area (Å²) in [6.07, 6.45) is 0.534. The second-order valence-corrected chi connectivity index (χ2v) is 3.70. The Hall–Kier alpha value is -2.30. The van der Waals surface area contributed by atoms with E-state index in [1.54, 1.807) is 6.07 Å². The lowest BCUT2D eigenvalue weighted by Crippen LogP contribution is -2.05. The molecule has 1 aromatic heterocycles. The zero-order chi connectivity index (χ0) is 13.1. The van der Waals surface area contributed by atoms with Crippen molar-refractivity contribution in [3.63, 3.8) is 0 Å². The summed E-state index contributed by atoms with van der Waals surface area (Å²) in [5.41, 5.74) is 0.435. The van der Waals surface area contributed by atoms with Gasteiger partial charge in [0, 0.05) is 11.1 Å². The number of pyridine rings is 1. The zero-order valence-corrected chi connectivity index (χ0v) is 9.23. The number of carboxylic acids is 1. The van der Waals surface area contributed by atoms with Gasteiger partial charge in [0.15, 0.2) is 0 Å². The molecule has 0 unspecified atom stereocenters. The summed E-state index contributed by atoms with van der Waals surface area (Å²) in [6.45, 7) is 0. The Morgan fingerprint density at radius 2 is 1.94 bits per heavy atom. The molecule has 0 aliphatic heterocycles. The molecular weight excluding hydrogens is 240 g/mol. The highest BCUT2D eigenvalue weighted by atomic mass is 19.1. The van der Waals surface area contributed by atoms with Crippen LogP contribution in [0, 0.1) is 11.6 Å². The van der Waals surface area contributed by atoms with Crippen molar-refractivity contribution in [2.45, 2.75) is 6.42 Å². The van der Waals surface area contributed by atoms with E-state index in [9.17, 15) is 13.6 Å². The molecule has 1 N–H and O–H groups in total. The molecule has 18 heavy (non-hydrogen) atoms. The van der Waals surface area contributed by atoms with E-state index in [4.69, 9.17) is 5.11 Å². The van der Waals surface area contributed by atoms with Crippen molar-refractivity contribution in [3.8, 4) is 11.1 Å². The quantitative estimate of drug-likeness (QED) is 0.909. The Labute approximate surface area is 102 Å². The molecule has 0 bridgehead atoms. The van der Waals surface area contributed by atoms with Gasteiger partial charge in [0.2, 0.25) is 0 Å². The average Bonchev–Trinajstić information content (AvgIpc) is 2.32. The number of aromatic nitrogens is 1. The lowest BCUT2D eigenvalue weighted by Gasteiger charge is -2.08. The standard InChI is InChI=1S/C13H9F2NO2/c14-8-5-10(9-3-1-2-4-11(9)15)12(16-7-8)6-13(17)18/h1-5,7H,6H2,(H,17,18). The Morgan fingerprint density at radius 1 is 1.22 bits per heavy atom. The number of carboxylic acid groups (broad SMARTS) is 1. The number of nitrogens with zero attached hydrogens (tertiary/aromatic N) is 1. The van der Waals surface area contributed by atoms with Crippen molar-refractivity contribution in [1.82, 2.24) is 4.98 Å². The van der Waals surface area contributed by atoms with Gasteiger partial charge >= 0.3 is 5.97 Å². The van der Waals surface area contributed by atoms with E-state index in [0.717, 1.165) is 12.3 Å². The summed E-state index contributed by atoms with van der Waals surface area (Å²) >= 11 is 0. The first-order valence-electron chi connectivity index (χ1n) is 5.19. The average molecular weight is 249 g/mol. The van der Waals surface area contributed by atoms with E-state index in [2.05, 4.69) is 4.98 Å². The van der Waals surface area contributed by atoms with E-state index in [-0.39, 0.29) is 23.2 Å². The van der Waals surface area contributed by atoms with E-state index in [1.807, 2.05) is 0 Å². The fourth-order valence-electron chi connectivity index (χ4n) is 1.66. The molecule has 3 nitrogen and oxygen atoms in total. The minimum absolute atomic E-state index is 0.133. The molecule has 2 aromatic rings. The minimum atomic E-state index is -1.10. The van der Waals surface area contributed by atoms with Gasteiger partial charge in [-0.2, -0.15) is 0 Å². The van der Waals surface area contributed by atoms with Crippen LogP contribution >= 0.6 is 0 Å². The number of halogens is 2. The maximum Gasteiger partial charge on any atom is 0.309 e. The van der Waals surface area contributed by atoms with Gasteiger partial charge in [0.25, 0.3) is 0 Å². The van der Waals surface area contributed by atoms with Crippen LogP contribution in [0.5, 0.6) is 0 Å². The molecule has 0 saturated carbocycles. The second kappa shape index (κ2) is 4.91. The van der Waals surface area contributed by atoms with E-state index >= 15 is 0 Å². The molecule has 2 rings (SSSR count). The normalized spacial score (nSPS) is 10.3. The number of rotatable bonds is 3. The summed E-state index contributed by atoms with van der Waals surface area (Å²) in [5.74, 6) is -2.29. The van der Waals surface area contributed by atoms with Crippen molar-refractivity contribution >= 4 is 5.97 Å². The fourth-order valence-corrected chi connectivity index (χ4v) is 1.66. The maximum absolute atomic E-state index is 13.6. The minimum Gasteiger partial charge on any atom is -0.481 e. The first kappa shape index (κ1) is 12.2. The highest BCUT2D eigenvalue weighted by Gasteiger charge is 2.14. The SMILES string of the molecule is O=C(O)Cc1ncc(F)cc1-c1ccccc1F. The van der Waals surface area contributed by atoms with Gasteiger partial charge < -0.3 is 5.11 Å². The monoisotopic (exact) mass is 249 g/mol. The Balaban J connectivity index is 2.58. The van der Waals surface area contributed by atoms with Crippen LogP contribution in [-0.4, -0.2) is 16.1 Å². The topological polar surface area (TPSA) is 50.2 Å². The van der Waals surface area contributed by atoms with E-state index in [0.29, 0.717) is 0 Å². The van der Waals surface area contributed by atoms with Gasteiger partial charge in [-0.25, -0.2) is 8.78 Å². The van der Waals surface area contributed by atoms with Crippen LogP contribution in [0.4, 0.5) is 8.78 Å². The molecule has 0 saturated heterocycles. The largest absolute Gasteiger partial charge is 0.481 e. The van der Waals surface area contributed by atoms with Gasteiger partial charge in [-0.05, 0) is 12.1 Å². The lowest BCUT2D eigenvalue weighted by molar-refractivity contribution is -0.136. The molecule has 0 atom stereocenters. The Morgan fingerprint density at radius 3 is 2.61 bits per heavy atom. The summed E-state index contributed by atoms with van der Waals surface area (Å²) in [7, 11) is 0. The molecular formula is C13H9F2NO2. The molecule has 92 valence electrons. The van der Waals surface area contributed by atoms with Crippen molar-refractivity contribution in [3.05, 3.63) is 53.9 Å². The molecule has 1 heterocycles. The van der Waals surface area contributed by atoms with Crippen molar-refractivity contribution in [2.24, 2.45) is 0 Å². The molecule has 5 heteroatoms.